The molecule has 0 aliphatic heterocycles. The highest BCUT2D eigenvalue weighted by Crippen LogP contribution is 2.27. The summed E-state index contributed by atoms with van der Waals surface area (Å²) in [5.74, 6) is 1.28. The molecule has 0 aromatic heterocycles. The van der Waals surface area contributed by atoms with Crippen molar-refractivity contribution in [2.45, 2.75) is 45.1 Å². The van der Waals surface area contributed by atoms with Crippen LogP contribution in [-0.2, 0) is 9.63 Å². The topological polar surface area (TPSA) is 74.2 Å². The summed E-state index contributed by atoms with van der Waals surface area (Å²) in [6.07, 6.45) is 7.99. The number of carboxylic acids is 1. The molecule has 0 radical (unpaired) electrons. The molecular weight excluding hydrogens is 422 g/mol. The van der Waals surface area contributed by atoms with E-state index >= 15 is 0 Å². The number of rotatable bonds is 16. The van der Waals surface area contributed by atoms with E-state index in [0.717, 1.165) is 29.2 Å². The fourth-order valence-corrected chi connectivity index (χ4v) is 4.16. The summed E-state index contributed by atoms with van der Waals surface area (Å²) in [5, 5.41) is 9.75. The predicted octanol–water partition coefficient (Wildman–Crippen LogP) is 6.02. The first-order chi connectivity index (χ1) is 15.6. The Labute approximate surface area is 196 Å². The number of hydrogen-bond acceptors (Lipinski definition) is 6. The van der Waals surface area contributed by atoms with E-state index in [0.29, 0.717) is 0 Å². The Balaban J connectivity index is 1.76. The van der Waals surface area contributed by atoms with Crippen LogP contribution >= 0.6 is 11.8 Å². The van der Waals surface area contributed by atoms with Gasteiger partial charge in [0.05, 0.1) is 12.2 Å². The Bertz CT molecular complexity index is 817. The van der Waals surface area contributed by atoms with Gasteiger partial charge in [0.1, 0.15) is 0 Å². The summed E-state index contributed by atoms with van der Waals surface area (Å²) >= 11 is 1.93. The molecule has 2 rings (SSSR count). The second-order valence-corrected chi connectivity index (χ2v) is 8.80. The molecular formula is C25H35N3O3S. The number of thioether (sulfide) groups is 1. The van der Waals surface area contributed by atoms with Crippen LogP contribution in [0.15, 0.2) is 59.6 Å². The first kappa shape index (κ1) is 25.6. The van der Waals surface area contributed by atoms with Crippen molar-refractivity contribution in [2.75, 3.05) is 35.5 Å². The Kier molecular flexibility index (Phi) is 12.1. The van der Waals surface area contributed by atoms with Gasteiger partial charge in [0.2, 0.25) is 6.40 Å². The Morgan fingerprint density at radius 1 is 1.12 bits per heavy atom. The normalized spacial score (nSPS) is 11.9. The summed E-state index contributed by atoms with van der Waals surface area (Å²) in [6.45, 7) is 2.96. The lowest BCUT2D eigenvalue weighted by molar-refractivity contribution is -0.138. The number of likely N-dealkylation sites (N-methyl/N-ethyl adjacent to an activating group) is 1. The molecule has 1 atom stereocenters. The number of aliphatic carboxylic acids is 1. The van der Waals surface area contributed by atoms with Gasteiger partial charge < -0.3 is 14.8 Å². The van der Waals surface area contributed by atoms with E-state index in [9.17, 15) is 9.90 Å². The molecule has 2 aromatic carbocycles. The van der Waals surface area contributed by atoms with Crippen molar-refractivity contribution in [3.05, 3.63) is 60.2 Å². The van der Waals surface area contributed by atoms with Crippen molar-refractivity contribution >= 4 is 35.5 Å². The zero-order valence-electron chi connectivity index (χ0n) is 19.1. The molecule has 32 heavy (non-hydrogen) atoms. The average Bonchev–Trinajstić information content (AvgIpc) is 2.80. The molecule has 0 saturated carbocycles. The summed E-state index contributed by atoms with van der Waals surface area (Å²) in [6, 6.07) is 15.9. The molecule has 0 bridgehead atoms. The number of nitrogens with zero attached hydrogens (tertiary/aromatic N) is 2. The zero-order valence-corrected chi connectivity index (χ0v) is 19.9. The van der Waals surface area contributed by atoms with E-state index in [2.05, 4.69) is 17.4 Å². The van der Waals surface area contributed by atoms with Crippen molar-refractivity contribution in [1.82, 2.24) is 0 Å². The Morgan fingerprint density at radius 2 is 1.91 bits per heavy atom. The summed E-state index contributed by atoms with van der Waals surface area (Å²) in [7, 11) is 1.77. The molecule has 0 spiro atoms. The van der Waals surface area contributed by atoms with Crippen molar-refractivity contribution in [1.29, 1.82) is 0 Å². The fourth-order valence-electron chi connectivity index (χ4n) is 3.32. The van der Waals surface area contributed by atoms with Gasteiger partial charge in [0.25, 0.3) is 0 Å². The fraction of sp³-hybridized carbons (Fsp3) is 0.440. The number of aliphatic imine (C=N–C) groups is 1. The maximum atomic E-state index is 11.9. The van der Waals surface area contributed by atoms with E-state index in [1.807, 2.05) is 66.4 Å². The third-order valence-electron chi connectivity index (χ3n) is 5.05. The molecule has 0 fully saturated rings. The van der Waals surface area contributed by atoms with E-state index < -0.39 is 12.0 Å². The van der Waals surface area contributed by atoms with Crippen LogP contribution in [0.25, 0.3) is 0 Å². The van der Waals surface area contributed by atoms with Crippen LogP contribution in [0.2, 0.25) is 0 Å². The van der Waals surface area contributed by atoms with Gasteiger partial charge in [-0.15, -0.1) is 0 Å². The molecule has 6 nitrogen and oxygen atoms in total. The lowest BCUT2D eigenvalue weighted by Crippen LogP contribution is -2.30. The first-order valence-corrected chi connectivity index (χ1v) is 12.4. The highest BCUT2D eigenvalue weighted by molar-refractivity contribution is 7.99. The average molecular weight is 458 g/mol. The number of hydrogen-bond donors (Lipinski definition) is 2. The largest absolute Gasteiger partial charge is 0.479 e. The number of benzene rings is 2. The first-order valence-electron chi connectivity index (χ1n) is 11.2. The van der Waals surface area contributed by atoms with Gasteiger partial charge in [-0.2, -0.15) is 11.8 Å². The molecule has 7 heteroatoms. The van der Waals surface area contributed by atoms with Gasteiger partial charge in [-0.3, -0.25) is 4.99 Å². The van der Waals surface area contributed by atoms with Crippen LogP contribution < -0.4 is 10.4 Å². The minimum atomic E-state index is -0.903. The van der Waals surface area contributed by atoms with Gasteiger partial charge in [-0.25, -0.2) is 10.3 Å². The zero-order chi connectivity index (χ0) is 23.0. The van der Waals surface area contributed by atoms with Crippen LogP contribution in [0.3, 0.4) is 0 Å². The molecule has 0 amide bonds. The van der Waals surface area contributed by atoms with Crippen LogP contribution in [0.1, 0.15) is 50.6 Å². The molecule has 0 saturated heterocycles. The van der Waals surface area contributed by atoms with Crippen LogP contribution in [-0.4, -0.2) is 42.6 Å². The van der Waals surface area contributed by atoms with Gasteiger partial charge in [-0.05, 0) is 35.9 Å². The smallest absolute Gasteiger partial charge is 0.331 e. The second kappa shape index (κ2) is 15.2. The minimum Gasteiger partial charge on any atom is -0.479 e. The molecule has 2 N–H and O–H groups in total. The van der Waals surface area contributed by atoms with Gasteiger partial charge in [-0.1, -0.05) is 69.0 Å². The highest BCUT2D eigenvalue weighted by Gasteiger charge is 2.25. The summed E-state index contributed by atoms with van der Waals surface area (Å²) in [5.41, 5.74) is 5.06. The lowest BCUT2D eigenvalue weighted by atomic mass is 10.1. The highest BCUT2D eigenvalue weighted by atomic mass is 32.2. The molecule has 0 heterocycles. The summed E-state index contributed by atoms with van der Waals surface area (Å²) < 4.78 is 0. The van der Waals surface area contributed by atoms with Crippen LogP contribution in [0.4, 0.5) is 11.4 Å². The van der Waals surface area contributed by atoms with Crippen molar-refractivity contribution in [2.24, 2.45) is 4.99 Å². The standard InChI is InChI=1S/C25H35N3O3S/c1-3-4-5-6-10-17-32-18-16-26-20-31-27-22-14-11-15-23(19-22)28(2)24(25(29)30)21-12-8-7-9-13-21/h7-9,11-15,19-20,24,27H,3-6,10,16-18H2,1-2H3,(H,29,30). The predicted molar refractivity (Wildman–Crippen MR) is 136 cm³/mol. The van der Waals surface area contributed by atoms with Crippen molar-refractivity contribution in [3.63, 3.8) is 0 Å². The van der Waals surface area contributed by atoms with Crippen molar-refractivity contribution < 1.29 is 14.7 Å². The Morgan fingerprint density at radius 3 is 2.66 bits per heavy atom. The van der Waals surface area contributed by atoms with Gasteiger partial charge >= 0.3 is 5.97 Å². The van der Waals surface area contributed by atoms with Crippen LogP contribution in [0, 0.1) is 0 Å². The third-order valence-corrected chi connectivity index (χ3v) is 6.10. The molecule has 2 aromatic rings. The van der Waals surface area contributed by atoms with Crippen LogP contribution in [0.5, 0.6) is 0 Å². The lowest BCUT2D eigenvalue weighted by Gasteiger charge is -2.27. The molecule has 1 unspecified atom stereocenters. The molecule has 0 aliphatic rings. The molecule has 0 aliphatic carbocycles. The second-order valence-electron chi connectivity index (χ2n) is 7.57. The molecule has 174 valence electrons. The van der Waals surface area contributed by atoms with E-state index in [1.165, 1.54) is 44.3 Å². The maximum absolute atomic E-state index is 11.9. The van der Waals surface area contributed by atoms with E-state index in [-0.39, 0.29) is 0 Å². The van der Waals surface area contributed by atoms with Gasteiger partial charge in [0.15, 0.2) is 6.04 Å². The monoisotopic (exact) mass is 457 g/mol. The number of carbonyl (C=O) groups is 1. The Hall–Kier alpha value is -2.67. The third kappa shape index (κ3) is 9.22. The number of unbranched alkanes of at least 4 members (excludes halogenated alkanes) is 4. The quantitative estimate of drug-likeness (QED) is 0.139. The van der Waals surface area contributed by atoms with Crippen molar-refractivity contribution in [3.8, 4) is 0 Å². The van der Waals surface area contributed by atoms with Gasteiger partial charge in [0, 0.05) is 18.5 Å². The number of carboxylic acid groups (broad SMARTS) is 1. The number of nitrogens with one attached hydrogen (secondary N) is 1. The maximum Gasteiger partial charge on any atom is 0.331 e. The van der Waals surface area contributed by atoms with E-state index in [4.69, 9.17) is 4.84 Å². The number of anilines is 2. The van der Waals surface area contributed by atoms with E-state index in [1.54, 1.807) is 11.9 Å². The summed E-state index contributed by atoms with van der Waals surface area (Å²) in [4.78, 5) is 23.2. The SMILES string of the molecule is CCCCCCCSCCN=CONc1cccc(N(C)C(C(=O)O)c2ccccc2)c1. The minimum absolute atomic E-state index is 0.722.